The fraction of sp³-hybridized carbons (Fsp3) is 0.533. The van der Waals surface area contributed by atoms with Gasteiger partial charge in [-0.3, -0.25) is 0 Å². The Morgan fingerprint density at radius 1 is 1.35 bits per heavy atom. The lowest BCUT2D eigenvalue weighted by atomic mass is 9.89. The Balaban J connectivity index is 1.96. The number of halogens is 1. The summed E-state index contributed by atoms with van der Waals surface area (Å²) in [6.45, 7) is 1.51. The molecule has 1 aliphatic carbocycles. The van der Waals surface area contributed by atoms with Crippen molar-refractivity contribution in [2.45, 2.75) is 37.8 Å². The van der Waals surface area contributed by atoms with Crippen LogP contribution in [0.3, 0.4) is 0 Å². The zero-order valence-electron chi connectivity index (χ0n) is 11.3. The van der Waals surface area contributed by atoms with Crippen LogP contribution in [0.5, 0.6) is 0 Å². The molecule has 0 amide bonds. The van der Waals surface area contributed by atoms with E-state index < -0.39 is 0 Å². The first-order valence-corrected chi connectivity index (χ1v) is 7.55. The van der Waals surface area contributed by atoms with Crippen LogP contribution in [0.1, 0.15) is 31.2 Å². The average Bonchev–Trinajstić information content (AvgIpc) is 2.46. The lowest BCUT2D eigenvalue weighted by Gasteiger charge is -2.45. The Labute approximate surface area is 123 Å². The van der Waals surface area contributed by atoms with Gasteiger partial charge in [0.2, 0.25) is 0 Å². The van der Waals surface area contributed by atoms with E-state index in [1.807, 2.05) is 0 Å². The minimum atomic E-state index is -0.301. The van der Waals surface area contributed by atoms with Gasteiger partial charge in [0.1, 0.15) is 10.8 Å². The molecule has 0 bridgehead atoms. The molecule has 3 rings (SSSR count). The smallest absolute Gasteiger partial charge is 0.124 e. The molecular weight excluding hydrogens is 275 g/mol. The van der Waals surface area contributed by atoms with Gasteiger partial charge in [-0.2, -0.15) is 0 Å². The van der Waals surface area contributed by atoms with Gasteiger partial charge in [-0.05, 0) is 31.0 Å². The van der Waals surface area contributed by atoms with E-state index in [0.717, 1.165) is 25.1 Å². The van der Waals surface area contributed by atoms with Crippen molar-refractivity contribution >= 4 is 22.9 Å². The molecule has 1 aromatic carbocycles. The van der Waals surface area contributed by atoms with Crippen molar-refractivity contribution in [1.29, 1.82) is 0 Å². The Morgan fingerprint density at radius 3 is 2.95 bits per heavy atom. The van der Waals surface area contributed by atoms with E-state index in [9.17, 15) is 4.39 Å². The Hall–Kier alpha value is -1.20. The largest absolute Gasteiger partial charge is 0.389 e. The zero-order valence-corrected chi connectivity index (χ0v) is 12.2. The van der Waals surface area contributed by atoms with Crippen molar-refractivity contribution < 1.29 is 9.13 Å². The SMILES string of the molecule is NC(=S)c1cc(F)ccc1N1CCOC2CCCCC21. The fourth-order valence-corrected chi connectivity index (χ4v) is 3.52. The van der Waals surface area contributed by atoms with E-state index in [1.54, 1.807) is 6.07 Å². The maximum atomic E-state index is 13.4. The molecule has 1 heterocycles. The first kappa shape index (κ1) is 13.8. The normalized spacial score (nSPS) is 26.1. The summed E-state index contributed by atoms with van der Waals surface area (Å²) in [6.07, 6.45) is 4.93. The van der Waals surface area contributed by atoms with Gasteiger partial charge < -0.3 is 15.4 Å². The molecule has 0 aromatic heterocycles. The molecule has 20 heavy (non-hydrogen) atoms. The summed E-state index contributed by atoms with van der Waals surface area (Å²) >= 11 is 5.08. The lowest BCUT2D eigenvalue weighted by molar-refractivity contribution is -0.00868. The van der Waals surface area contributed by atoms with Gasteiger partial charge in [0.15, 0.2) is 0 Å². The first-order chi connectivity index (χ1) is 9.66. The first-order valence-electron chi connectivity index (χ1n) is 7.14. The zero-order chi connectivity index (χ0) is 14.1. The van der Waals surface area contributed by atoms with Gasteiger partial charge in [-0.1, -0.05) is 25.1 Å². The molecule has 2 atom stereocenters. The minimum absolute atomic E-state index is 0.248. The highest BCUT2D eigenvalue weighted by Crippen LogP contribution is 2.33. The van der Waals surface area contributed by atoms with Crippen LogP contribution >= 0.6 is 12.2 Å². The van der Waals surface area contributed by atoms with Crippen molar-refractivity contribution in [2.24, 2.45) is 5.73 Å². The maximum Gasteiger partial charge on any atom is 0.124 e. The van der Waals surface area contributed by atoms with Crippen LogP contribution in [0.25, 0.3) is 0 Å². The topological polar surface area (TPSA) is 38.5 Å². The third kappa shape index (κ3) is 2.52. The van der Waals surface area contributed by atoms with Gasteiger partial charge in [0.25, 0.3) is 0 Å². The standard InChI is InChI=1S/C15H19FN2OS/c16-10-5-6-12(11(9-10)15(17)20)18-7-8-19-14-4-2-1-3-13(14)18/h5-6,9,13-14H,1-4,7-8H2,(H2,17,20). The van der Waals surface area contributed by atoms with Gasteiger partial charge in [-0.25, -0.2) is 4.39 Å². The third-order valence-corrected chi connectivity index (χ3v) is 4.49. The van der Waals surface area contributed by atoms with E-state index in [2.05, 4.69) is 4.90 Å². The summed E-state index contributed by atoms with van der Waals surface area (Å²) in [5.74, 6) is -0.301. The second-order valence-electron chi connectivity index (χ2n) is 5.48. The number of nitrogens with zero attached hydrogens (tertiary/aromatic N) is 1. The molecule has 2 fully saturated rings. The molecule has 2 unspecified atom stereocenters. The van der Waals surface area contributed by atoms with Gasteiger partial charge in [-0.15, -0.1) is 0 Å². The fourth-order valence-electron chi connectivity index (χ4n) is 3.35. The highest BCUT2D eigenvalue weighted by Gasteiger charge is 2.35. The molecule has 2 aliphatic rings. The van der Waals surface area contributed by atoms with Crippen molar-refractivity contribution in [1.82, 2.24) is 0 Å². The van der Waals surface area contributed by atoms with E-state index >= 15 is 0 Å². The third-order valence-electron chi connectivity index (χ3n) is 4.27. The molecule has 0 radical (unpaired) electrons. The number of benzene rings is 1. The van der Waals surface area contributed by atoms with Gasteiger partial charge in [0.05, 0.1) is 18.8 Å². The summed E-state index contributed by atoms with van der Waals surface area (Å²) in [7, 11) is 0. The van der Waals surface area contributed by atoms with E-state index in [1.165, 1.54) is 25.0 Å². The maximum absolute atomic E-state index is 13.4. The number of hydrogen-bond acceptors (Lipinski definition) is 3. The number of rotatable bonds is 2. The predicted octanol–water partition coefficient (Wildman–Crippen LogP) is 2.61. The number of anilines is 1. The van der Waals surface area contributed by atoms with Crippen LogP contribution in [0.2, 0.25) is 0 Å². The molecule has 5 heteroatoms. The second-order valence-corrected chi connectivity index (χ2v) is 5.92. The summed E-state index contributed by atoms with van der Waals surface area (Å²) in [5.41, 5.74) is 7.34. The quantitative estimate of drug-likeness (QED) is 0.851. The van der Waals surface area contributed by atoms with Gasteiger partial charge in [0, 0.05) is 17.8 Å². The molecule has 2 N–H and O–H groups in total. The number of thiocarbonyl (C=S) groups is 1. The Kier molecular flexibility index (Phi) is 3.89. The van der Waals surface area contributed by atoms with E-state index in [-0.39, 0.29) is 16.9 Å². The van der Waals surface area contributed by atoms with Crippen LogP contribution in [0.4, 0.5) is 10.1 Å². The van der Waals surface area contributed by atoms with E-state index in [4.69, 9.17) is 22.7 Å². The highest BCUT2D eigenvalue weighted by molar-refractivity contribution is 7.80. The highest BCUT2D eigenvalue weighted by atomic mass is 32.1. The van der Waals surface area contributed by atoms with Crippen molar-refractivity contribution in [3.63, 3.8) is 0 Å². The Bertz CT molecular complexity index is 521. The number of nitrogens with two attached hydrogens (primary N) is 1. The number of fused-ring (bicyclic) bond motifs is 1. The predicted molar refractivity (Wildman–Crippen MR) is 81.6 cm³/mol. The molecular formula is C15H19FN2OS. The van der Waals surface area contributed by atoms with Crippen LogP contribution in [-0.2, 0) is 4.74 Å². The van der Waals surface area contributed by atoms with Crippen molar-refractivity contribution in [3.8, 4) is 0 Å². The second kappa shape index (κ2) is 5.66. The summed E-state index contributed by atoms with van der Waals surface area (Å²) < 4.78 is 19.3. The van der Waals surface area contributed by atoms with Crippen LogP contribution < -0.4 is 10.6 Å². The van der Waals surface area contributed by atoms with Crippen LogP contribution in [0.15, 0.2) is 18.2 Å². The molecule has 1 saturated carbocycles. The molecule has 3 nitrogen and oxygen atoms in total. The molecule has 1 aromatic rings. The number of ether oxygens (including phenoxy) is 1. The monoisotopic (exact) mass is 294 g/mol. The Morgan fingerprint density at radius 2 is 2.15 bits per heavy atom. The van der Waals surface area contributed by atoms with E-state index in [0.29, 0.717) is 18.2 Å². The molecule has 0 spiro atoms. The minimum Gasteiger partial charge on any atom is -0.389 e. The number of morpholine rings is 1. The van der Waals surface area contributed by atoms with Crippen molar-refractivity contribution in [2.75, 3.05) is 18.1 Å². The van der Waals surface area contributed by atoms with Crippen molar-refractivity contribution in [3.05, 3.63) is 29.6 Å². The summed E-state index contributed by atoms with van der Waals surface area (Å²) in [5, 5.41) is 0. The number of hydrogen-bond donors (Lipinski definition) is 1. The average molecular weight is 294 g/mol. The van der Waals surface area contributed by atoms with Gasteiger partial charge >= 0.3 is 0 Å². The summed E-state index contributed by atoms with van der Waals surface area (Å²) in [4.78, 5) is 2.56. The van der Waals surface area contributed by atoms with Crippen LogP contribution in [-0.4, -0.2) is 30.3 Å². The molecule has 108 valence electrons. The molecule has 1 saturated heterocycles. The van der Waals surface area contributed by atoms with Crippen LogP contribution in [0, 0.1) is 5.82 Å². The molecule has 1 aliphatic heterocycles. The lowest BCUT2D eigenvalue weighted by Crippen LogP contribution is -2.53. The summed E-state index contributed by atoms with van der Waals surface area (Å²) in [6, 6.07) is 5.06.